The van der Waals surface area contributed by atoms with Crippen LogP contribution in [0.5, 0.6) is 0 Å². The Kier molecular flexibility index (Phi) is 5.15. The molecule has 0 heterocycles. The molecule has 0 aliphatic rings. The zero-order valence-corrected chi connectivity index (χ0v) is 5.74. The second-order valence-electron chi connectivity index (χ2n) is 2.19. The molecule has 0 spiro atoms. The van der Waals surface area contributed by atoms with Gasteiger partial charge >= 0.3 is 0 Å². The monoisotopic (exact) mass is 176 g/mol. The summed E-state index contributed by atoms with van der Waals surface area (Å²) >= 11 is 0. The Bertz CT molecular complexity index is 93.0. The maximum absolute atomic E-state index is 12.2. The van der Waals surface area contributed by atoms with E-state index in [0.29, 0.717) is 0 Å². The molecule has 68 valence electrons. The van der Waals surface area contributed by atoms with Gasteiger partial charge in [-0.15, -0.1) is 0 Å². The third kappa shape index (κ3) is 7.55. The van der Waals surface area contributed by atoms with Gasteiger partial charge in [0.1, 0.15) is 6.17 Å². The second-order valence-corrected chi connectivity index (χ2v) is 2.19. The highest BCUT2D eigenvalue weighted by Crippen LogP contribution is 2.15. The fourth-order valence-corrected chi connectivity index (χ4v) is 0.618. The van der Waals surface area contributed by atoms with Gasteiger partial charge in [-0.2, -0.15) is 0 Å². The molecule has 0 amide bonds. The number of hydrogen-bond donors (Lipinski definition) is 0. The minimum atomic E-state index is -2.75. The lowest BCUT2D eigenvalue weighted by Gasteiger charge is -2.05. The van der Waals surface area contributed by atoms with Gasteiger partial charge < -0.3 is 0 Å². The van der Waals surface area contributed by atoms with Crippen molar-refractivity contribution in [1.82, 2.24) is 0 Å². The maximum Gasteiger partial charge on any atom is 0.241 e. The van der Waals surface area contributed by atoms with Crippen LogP contribution in [0.15, 0.2) is 0 Å². The number of rotatable bonds is 5. The molecule has 0 bridgehead atoms. The molecule has 0 fully saturated rings. The SMILES string of the molecule is FC(F)CCC(F)CC(F)F. The number of halogens is 5. The van der Waals surface area contributed by atoms with E-state index in [1.807, 2.05) is 0 Å². The van der Waals surface area contributed by atoms with Crippen molar-refractivity contribution in [3.63, 3.8) is 0 Å². The van der Waals surface area contributed by atoms with Gasteiger partial charge in [0, 0.05) is 12.8 Å². The molecular weight excluding hydrogens is 167 g/mol. The Morgan fingerprint density at radius 3 is 1.64 bits per heavy atom. The van der Waals surface area contributed by atoms with Crippen LogP contribution in [-0.4, -0.2) is 19.0 Å². The van der Waals surface area contributed by atoms with Crippen molar-refractivity contribution in [1.29, 1.82) is 0 Å². The van der Waals surface area contributed by atoms with Crippen LogP contribution in [0.2, 0.25) is 0 Å². The molecule has 0 rings (SSSR count). The Balaban J connectivity index is 3.29. The largest absolute Gasteiger partial charge is 0.247 e. The summed E-state index contributed by atoms with van der Waals surface area (Å²) in [7, 11) is 0. The molecule has 1 unspecified atom stereocenters. The van der Waals surface area contributed by atoms with Crippen molar-refractivity contribution >= 4 is 0 Å². The van der Waals surface area contributed by atoms with Crippen molar-refractivity contribution in [3.05, 3.63) is 0 Å². The quantitative estimate of drug-likeness (QED) is 0.565. The summed E-state index contributed by atoms with van der Waals surface area (Å²) in [4.78, 5) is 0. The first-order valence-electron chi connectivity index (χ1n) is 3.22. The fraction of sp³-hybridized carbons (Fsp3) is 1.00. The fourth-order valence-electron chi connectivity index (χ4n) is 0.618. The first-order chi connectivity index (χ1) is 5.02. The highest BCUT2D eigenvalue weighted by atomic mass is 19.3. The van der Waals surface area contributed by atoms with Gasteiger partial charge in [-0.25, -0.2) is 22.0 Å². The van der Waals surface area contributed by atoms with E-state index in [1.165, 1.54) is 0 Å². The van der Waals surface area contributed by atoms with Gasteiger partial charge in [0.05, 0.1) is 0 Å². The molecule has 11 heavy (non-hydrogen) atoms. The lowest BCUT2D eigenvalue weighted by Crippen LogP contribution is -2.08. The highest BCUT2D eigenvalue weighted by molar-refractivity contribution is 4.58. The Hall–Kier alpha value is -0.350. The van der Waals surface area contributed by atoms with Gasteiger partial charge in [0.2, 0.25) is 12.9 Å². The zero-order valence-electron chi connectivity index (χ0n) is 5.74. The first-order valence-corrected chi connectivity index (χ1v) is 3.22. The summed E-state index contributed by atoms with van der Waals surface area (Å²) < 4.78 is 57.7. The van der Waals surface area contributed by atoms with E-state index >= 15 is 0 Å². The maximum atomic E-state index is 12.2. The summed E-state index contributed by atoms with van der Waals surface area (Å²) in [6.07, 6.45) is -9.22. The van der Waals surface area contributed by atoms with Crippen LogP contribution in [0.25, 0.3) is 0 Å². The smallest absolute Gasteiger partial charge is 0.241 e. The minimum absolute atomic E-state index is 0.484. The van der Waals surface area contributed by atoms with Crippen LogP contribution in [-0.2, 0) is 0 Å². The Morgan fingerprint density at radius 1 is 0.727 bits per heavy atom. The molecule has 0 aromatic carbocycles. The number of alkyl halides is 5. The molecule has 0 aliphatic heterocycles. The Morgan fingerprint density at radius 2 is 1.27 bits per heavy atom. The molecule has 0 nitrogen and oxygen atoms in total. The molecule has 1 atom stereocenters. The molecule has 0 aromatic heterocycles. The molecule has 0 radical (unpaired) electrons. The molecule has 0 aliphatic carbocycles. The second kappa shape index (κ2) is 5.32. The molecule has 0 saturated carbocycles. The average Bonchev–Trinajstić information content (AvgIpc) is 1.82. The lowest BCUT2D eigenvalue weighted by molar-refractivity contribution is 0.0796. The van der Waals surface area contributed by atoms with E-state index < -0.39 is 38.3 Å². The van der Waals surface area contributed by atoms with Crippen LogP contribution in [0.1, 0.15) is 19.3 Å². The van der Waals surface area contributed by atoms with Crippen molar-refractivity contribution in [2.24, 2.45) is 0 Å². The first kappa shape index (κ1) is 10.7. The van der Waals surface area contributed by atoms with E-state index in [9.17, 15) is 22.0 Å². The van der Waals surface area contributed by atoms with E-state index in [-0.39, 0.29) is 0 Å². The molecule has 0 N–H and O–H groups in total. The predicted molar refractivity (Wildman–Crippen MR) is 30.8 cm³/mol. The standard InChI is InChI=1S/C6H9F5/c7-4(3-6(10)11)1-2-5(8)9/h4-6H,1-3H2. The van der Waals surface area contributed by atoms with Crippen molar-refractivity contribution < 1.29 is 22.0 Å². The van der Waals surface area contributed by atoms with Gasteiger partial charge in [-0.1, -0.05) is 0 Å². The van der Waals surface area contributed by atoms with E-state index in [4.69, 9.17) is 0 Å². The van der Waals surface area contributed by atoms with Crippen LogP contribution in [0, 0.1) is 0 Å². The summed E-state index contributed by atoms with van der Waals surface area (Å²) in [6.45, 7) is 0. The van der Waals surface area contributed by atoms with Crippen LogP contribution >= 0.6 is 0 Å². The zero-order chi connectivity index (χ0) is 8.85. The van der Waals surface area contributed by atoms with Crippen molar-refractivity contribution in [2.45, 2.75) is 38.3 Å². The van der Waals surface area contributed by atoms with Gasteiger partial charge in [-0.05, 0) is 6.42 Å². The molecule has 0 saturated heterocycles. The van der Waals surface area contributed by atoms with Crippen molar-refractivity contribution in [2.75, 3.05) is 0 Å². The van der Waals surface area contributed by atoms with E-state index in [2.05, 4.69) is 0 Å². The third-order valence-electron chi connectivity index (χ3n) is 1.13. The summed E-state index contributed by atoms with van der Waals surface area (Å²) in [6, 6.07) is 0. The van der Waals surface area contributed by atoms with Gasteiger partial charge in [0.25, 0.3) is 0 Å². The Labute approximate surface area is 61.4 Å². The van der Waals surface area contributed by atoms with E-state index in [0.717, 1.165) is 0 Å². The molecular formula is C6H9F5. The van der Waals surface area contributed by atoms with E-state index in [1.54, 1.807) is 0 Å². The van der Waals surface area contributed by atoms with Crippen molar-refractivity contribution in [3.8, 4) is 0 Å². The number of hydrogen-bond acceptors (Lipinski definition) is 0. The van der Waals surface area contributed by atoms with Crippen LogP contribution in [0.3, 0.4) is 0 Å². The predicted octanol–water partition coefficient (Wildman–Crippen LogP) is 3.03. The molecule has 5 heteroatoms. The minimum Gasteiger partial charge on any atom is -0.247 e. The highest BCUT2D eigenvalue weighted by Gasteiger charge is 2.15. The summed E-state index contributed by atoms with van der Waals surface area (Å²) in [5.41, 5.74) is 0. The average molecular weight is 176 g/mol. The van der Waals surface area contributed by atoms with Gasteiger partial charge in [-0.3, -0.25) is 0 Å². The topological polar surface area (TPSA) is 0 Å². The normalized spacial score (nSPS) is 14.5. The third-order valence-corrected chi connectivity index (χ3v) is 1.13. The molecule has 0 aromatic rings. The van der Waals surface area contributed by atoms with Crippen LogP contribution < -0.4 is 0 Å². The van der Waals surface area contributed by atoms with Crippen LogP contribution in [0.4, 0.5) is 22.0 Å². The summed E-state index contributed by atoms with van der Waals surface area (Å²) in [5, 5.41) is 0. The lowest BCUT2D eigenvalue weighted by atomic mass is 10.2. The summed E-state index contributed by atoms with van der Waals surface area (Å²) in [5.74, 6) is 0. The van der Waals surface area contributed by atoms with Gasteiger partial charge in [0.15, 0.2) is 0 Å².